The number of hydrogen-bond donors (Lipinski definition) is 3. The van der Waals surface area contributed by atoms with E-state index in [4.69, 9.17) is 28.3 Å². The lowest BCUT2D eigenvalue weighted by Gasteiger charge is -2.07. The van der Waals surface area contributed by atoms with Crippen molar-refractivity contribution in [3.63, 3.8) is 0 Å². The molecule has 0 amide bonds. The van der Waals surface area contributed by atoms with Gasteiger partial charge in [-0.15, -0.1) is 21.5 Å². The standard InChI is InChI=1S/C20H15Cl2N7OS/c21-11-2-3-12(14(22)8-11)16-13(9-23)17(31-18(16)19-26-10-27-29-19)15-4-6-25-20(28-15)24-5-1-7-30/h2-4,6,8,10,30H,1,5,7H2,(H,24,25,28)(H,26,27,29). The van der Waals surface area contributed by atoms with Crippen molar-refractivity contribution in [1.29, 1.82) is 5.26 Å². The summed E-state index contributed by atoms with van der Waals surface area (Å²) in [6.07, 6.45) is 3.67. The van der Waals surface area contributed by atoms with E-state index < -0.39 is 0 Å². The Kier molecular flexibility index (Phi) is 6.44. The molecule has 3 heterocycles. The van der Waals surface area contributed by atoms with Crippen LogP contribution in [0.2, 0.25) is 10.0 Å². The molecular weight excluding hydrogens is 457 g/mol. The predicted molar refractivity (Wildman–Crippen MR) is 121 cm³/mol. The molecule has 31 heavy (non-hydrogen) atoms. The van der Waals surface area contributed by atoms with E-state index in [9.17, 15) is 5.26 Å². The van der Waals surface area contributed by atoms with Crippen LogP contribution in [0, 0.1) is 11.3 Å². The van der Waals surface area contributed by atoms with Crippen LogP contribution in [-0.2, 0) is 0 Å². The van der Waals surface area contributed by atoms with E-state index >= 15 is 0 Å². The highest BCUT2D eigenvalue weighted by Gasteiger charge is 2.25. The number of aliphatic hydroxyl groups excluding tert-OH is 1. The van der Waals surface area contributed by atoms with Crippen LogP contribution >= 0.6 is 34.5 Å². The normalized spacial score (nSPS) is 10.8. The Morgan fingerprint density at radius 2 is 2.10 bits per heavy atom. The van der Waals surface area contributed by atoms with Gasteiger partial charge < -0.3 is 15.4 Å². The van der Waals surface area contributed by atoms with Gasteiger partial charge in [-0.05, 0) is 24.6 Å². The monoisotopic (exact) mass is 471 g/mol. The van der Waals surface area contributed by atoms with Gasteiger partial charge in [0, 0.05) is 40.5 Å². The second-order valence-corrected chi connectivity index (χ2v) is 8.22. The lowest BCUT2D eigenvalue weighted by atomic mass is 9.99. The maximum atomic E-state index is 10.1. The number of H-pyrrole nitrogens is 1. The number of benzene rings is 1. The van der Waals surface area contributed by atoms with Crippen molar-refractivity contribution in [2.45, 2.75) is 6.42 Å². The molecule has 4 rings (SSSR count). The SMILES string of the molecule is N#Cc1c(-c2ccnc(NCCCO)n2)sc(-c2nnc[nH]2)c1-c1ccc(Cl)cc1Cl. The Balaban J connectivity index is 1.89. The zero-order chi connectivity index (χ0) is 21.8. The van der Waals surface area contributed by atoms with Crippen LogP contribution < -0.4 is 5.32 Å². The first-order valence-corrected chi connectivity index (χ1v) is 10.8. The van der Waals surface area contributed by atoms with Gasteiger partial charge in [-0.25, -0.2) is 9.97 Å². The maximum Gasteiger partial charge on any atom is 0.223 e. The summed E-state index contributed by atoms with van der Waals surface area (Å²) in [6.45, 7) is 0.604. The van der Waals surface area contributed by atoms with E-state index in [1.807, 2.05) is 0 Å². The summed E-state index contributed by atoms with van der Waals surface area (Å²) in [6, 6.07) is 9.17. The summed E-state index contributed by atoms with van der Waals surface area (Å²) in [7, 11) is 0. The molecule has 0 unspecified atom stereocenters. The van der Waals surface area contributed by atoms with Gasteiger partial charge >= 0.3 is 0 Å². The van der Waals surface area contributed by atoms with Gasteiger partial charge in [-0.1, -0.05) is 29.3 Å². The minimum Gasteiger partial charge on any atom is -0.396 e. The van der Waals surface area contributed by atoms with Gasteiger partial charge in [-0.3, -0.25) is 0 Å². The number of aliphatic hydroxyl groups is 1. The highest BCUT2D eigenvalue weighted by molar-refractivity contribution is 7.19. The van der Waals surface area contributed by atoms with Gasteiger partial charge in [-0.2, -0.15) is 5.26 Å². The van der Waals surface area contributed by atoms with Gasteiger partial charge in [0.1, 0.15) is 12.4 Å². The highest BCUT2D eigenvalue weighted by Crippen LogP contribution is 2.47. The first kappa shape index (κ1) is 21.2. The minimum absolute atomic E-state index is 0.0714. The molecule has 3 N–H and O–H groups in total. The van der Waals surface area contributed by atoms with Gasteiger partial charge in [0.25, 0.3) is 0 Å². The average Bonchev–Trinajstić information content (AvgIpc) is 3.42. The Morgan fingerprint density at radius 1 is 1.23 bits per heavy atom. The lowest BCUT2D eigenvalue weighted by molar-refractivity contribution is 0.292. The van der Waals surface area contributed by atoms with E-state index in [0.29, 0.717) is 66.9 Å². The summed E-state index contributed by atoms with van der Waals surface area (Å²) in [5.41, 5.74) is 2.29. The van der Waals surface area contributed by atoms with E-state index in [1.54, 1.807) is 30.5 Å². The van der Waals surface area contributed by atoms with Crippen molar-refractivity contribution < 1.29 is 5.11 Å². The van der Waals surface area contributed by atoms with Crippen molar-refractivity contribution in [3.8, 4) is 38.5 Å². The number of rotatable bonds is 7. The number of nitrogens with zero attached hydrogens (tertiary/aromatic N) is 5. The molecule has 0 aliphatic rings. The second-order valence-electron chi connectivity index (χ2n) is 6.35. The van der Waals surface area contributed by atoms with Crippen LogP contribution in [0.25, 0.3) is 32.4 Å². The zero-order valence-corrected chi connectivity index (χ0v) is 18.3. The van der Waals surface area contributed by atoms with E-state index in [2.05, 4.69) is 36.5 Å². The van der Waals surface area contributed by atoms with E-state index in [-0.39, 0.29) is 6.61 Å². The molecule has 156 valence electrons. The van der Waals surface area contributed by atoms with Gasteiger partial charge in [0.05, 0.1) is 21.0 Å². The molecule has 4 aromatic rings. The van der Waals surface area contributed by atoms with Crippen LogP contribution in [-0.4, -0.2) is 43.4 Å². The molecule has 1 aromatic carbocycles. The first-order chi connectivity index (χ1) is 15.1. The second kappa shape index (κ2) is 9.41. The molecule has 0 fully saturated rings. The van der Waals surface area contributed by atoms with Crippen molar-refractivity contribution in [1.82, 2.24) is 25.1 Å². The Bertz CT molecular complexity index is 1250. The number of aromatic amines is 1. The van der Waals surface area contributed by atoms with Gasteiger partial charge in [0.15, 0.2) is 5.82 Å². The zero-order valence-electron chi connectivity index (χ0n) is 15.9. The fourth-order valence-corrected chi connectivity index (χ4v) is 4.69. The fraction of sp³-hybridized carbons (Fsp3) is 0.150. The van der Waals surface area contributed by atoms with Crippen molar-refractivity contribution in [3.05, 3.63) is 52.4 Å². The number of nitrogens with one attached hydrogen (secondary N) is 2. The van der Waals surface area contributed by atoms with Crippen molar-refractivity contribution >= 4 is 40.5 Å². The Morgan fingerprint density at radius 3 is 2.81 bits per heavy atom. The molecular formula is C20H15Cl2N7OS. The van der Waals surface area contributed by atoms with Crippen molar-refractivity contribution in [2.75, 3.05) is 18.5 Å². The predicted octanol–water partition coefficient (Wildman–Crippen LogP) is 4.63. The quantitative estimate of drug-likeness (QED) is 0.335. The van der Waals surface area contributed by atoms with Crippen LogP contribution in [0.3, 0.4) is 0 Å². The molecule has 11 heteroatoms. The highest BCUT2D eigenvalue weighted by atomic mass is 35.5. The average molecular weight is 472 g/mol. The molecule has 3 aromatic heterocycles. The molecule has 0 radical (unpaired) electrons. The minimum atomic E-state index is 0.0714. The number of anilines is 1. The largest absolute Gasteiger partial charge is 0.396 e. The van der Waals surface area contributed by atoms with E-state index in [1.165, 1.54) is 17.7 Å². The Hall–Kier alpha value is -3.03. The summed E-state index contributed by atoms with van der Waals surface area (Å²) in [5, 5.41) is 31.0. The van der Waals surface area contributed by atoms with Crippen LogP contribution in [0.15, 0.2) is 36.8 Å². The molecule has 0 aliphatic heterocycles. The van der Waals surface area contributed by atoms with Gasteiger partial charge in [0.2, 0.25) is 5.95 Å². The van der Waals surface area contributed by atoms with Crippen LogP contribution in [0.1, 0.15) is 12.0 Å². The van der Waals surface area contributed by atoms with Crippen LogP contribution in [0.5, 0.6) is 0 Å². The number of thiophene rings is 1. The molecule has 0 saturated carbocycles. The third-order valence-corrected chi connectivity index (χ3v) is 6.13. The molecule has 0 bridgehead atoms. The number of aromatic nitrogens is 5. The third-order valence-electron chi connectivity index (χ3n) is 4.36. The smallest absolute Gasteiger partial charge is 0.223 e. The Labute approximate surface area is 191 Å². The molecule has 0 atom stereocenters. The maximum absolute atomic E-state index is 10.1. The summed E-state index contributed by atoms with van der Waals surface area (Å²) >= 11 is 13.9. The molecule has 0 aliphatic carbocycles. The summed E-state index contributed by atoms with van der Waals surface area (Å²) < 4.78 is 0. The summed E-state index contributed by atoms with van der Waals surface area (Å²) in [4.78, 5) is 13.1. The van der Waals surface area contributed by atoms with Crippen molar-refractivity contribution in [2.24, 2.45) is 0 Å². The summed E-state index contributed by atoms with van der Waals surface area (Å²) in [5.74, 6) is 0.930. The topological polar surface area (TPSA) is 123 Å². The molecule has 8 nitrogen and oxygen atoms in total. The number of hydrogen-bond acceptors (Lipinski definition) is 8. The van der Waals surface area contributed by atoms with Crippen LogP contribution in [0.4, 0.5) is 5.95 Å². The molecule has 0 spiro atoms. The third kappa shape index (κ3) is 4.38. The van der Waals surface area contributed by atoms with E-state index in [0.717, 1.165) is 0 Å². The number of nitriles is 1. The number of halogens is 2. The fourth-order valence-electron chi connectivity index (χ4n) is 3.00. The lowest BCUT2D eigenvalue weighted by Crippen LogP contribution is -2.06. The molecule has 0 saturated heterocycles. The first-order valence-electron chi connectivity index (χ1n) is 9.19.